The molecule has 0 unspecified atom stereocenters. The van der Waals surface area contributed by atoms with E-state index >= 15 is 0 Å². The van der Waals surface area contributed by atoms with Crippen molar-refractivity contribution in [2.45, 2.75) is 57.3 Å². The molecular weight excluding hydrogens is 289 g/mol. The van der Waals surface area contributed by atoms with Gasteiger partial charge in [0.05, 0.1) is 0 Å². The minimum Gasteiger partial charge on any atom is -0.300 e. The smallest absolute Gasteiger partial charge is 0.194 e. The van der Waals surface area contributed by atoms with Crippen LogP contribution in [0.2, 0.25) is 0 Å². The van der Waals surface area contributed by atoms with Crippen molar-refractivity contribution < 1.29 is 18.0 Å². The van der Waals surface area contributed by atoms with Crippen molar-refractivity contribution in [3.8, 4) is 0 Å². The molecule has 1 aromatic rings. The molecule has 0 spiro atoms. The quantitative estimate of drug-likeness (QED) is 0.691. The topological polar surface area (TPSA) is 17.1 Å². The van der Waals surface area contributed by atoms with Crippen LogP contribution in [0.25, 0.3) is 0 Å². The van der Waals surface area contributed by atoms with Crippen LogP contribution in [0.5, 0.6) is 0 Å². The molecule has 120 valence electrons. The third-order valence-corrected chi connectivity index (χ3v) is 5.50. The maximum Gasteiger partial charge on any atom is 0.194 e. The Balaban J connectivity index is 1.61. The minimum absolute atomic E-state index is 0.117. The molecule has 3 rings (SSSR count). The third kappa shape index (κ3) is 3.21. The van der Waals surface area contributed by atoms with Crippen LogP contribution in [-0.2, 0) is 4.79 Å². The number of hydrogen-bond acceptors (Lipinski definition) is 1. The van der Waals surface area contributed by atoms with E-state index in [0.717, 1.165) is 50.7 Å². The van der Waals surface area contributed by atoms with E-state index in [9.17, 15) is 18.0 Å². The summed E-state index contributed by atoms with van der Waals surface area (Å²) < 4.78 is 39.7. The lowest BCUT2D eigenvalue weighted by Crippen LogP contribution is -2.25. The van der Waals surface area contributed by atoms with Gasteiger partial charge >= 0.3 is 0 Å². The molecule has 0 atom stereocenters. The first-order valence-electron chi connectivity index (χ1n) is 8.20. The molecule has 2 aliphatic carbocycles. The zero-order chi connectivity index (χ0) is 15.7. The highest BCUT2D eigenvalue weighted by molar-refractivity contribution is 5.79. The number of carbonyl (C=O) groups is 1. The molecule has 0 N–H and O–H groups in total. The summed E-state index contributed by atoms with van der Waals surface area (Å²) in [4.78, 5) is 11.3. The highest BCUT2D eigenvalue weighted by atomic mass is 19.2. The van der Waals surface area contributed by atoms with Gasteiger partial charge in [-0.3, -0.25) is 4.79 Å². The number of rotatable bonds is 2. The van der Waals surface area contributed by atoms with Gasteiger partial charge in [-0.15, -0.1) is 0 Å². The largest absolute Gasteiger partial charge is 0.300 e. The molecule has 2 aliphatic rings. The van der Waals surface area contributed by atoms with Crippen LogP contribution in [0, 0.1) is 29.3 Å². The monoisotopic (exact) mass is 310 g/mol. The normalized spacial score (nSPS) is 27.1. The number of ketones is 1. The highest BCUT2D eigenvalue weighted by Gasteiger charge is 2.31. The molecule has 0 amide bonds. The maximum atomic E-state index is 13.4. The van der Waals surface area contributed by atoms with E-state index in [1.54, 1.807) is 0 Å². The summed E-state index contributed by atoms with van der Waals surface area (Å²) in [5, 5.41) is 0. The Morgan fingerprint density at radius 1 is 0.773 bits per heavy atom. The Labute approximate surface area is 128 Å². The molecule has 0 radical (unpaired) electrons. The van der Waals surface area contributed by atoms with E-state index in [-0.39, 0.29) is 5.92 Å². The Kier molecular flexibility index (Phi) is 4.55. The second kappa shape index (κ2) is 6.43. The van der Waals surface area contributed by atoms with Gasteiger partial charge in [0, 0.05) is 12.8 Å². The molecule has 22 heavy (non-hydrogen) atoms. The first-order chi connectivity index (χ1) is 10.5. The summed E-state index contributed by atoms with van der Waals surface area (Å²) in [5.41, 5.74) is 0.577. The fourth-order valence-electron chi connectivity index (χ4n) is 4.17. The van der Waals surface area contributed by atoms with Gasteiger partial charge in [0.1, 0.15) is 5.78 Å². The van der Waals surface area contributed by atoms with Crippen LogP contribution in [0.3, 0.4) is 0 Å². The number of carbonyl (C=O) groups excluding carboxylic acids is 1. The van der Waals surface area contributed by atoms with Crippen molar-refractivity contribution >= 4 is 5.78 Å². The molecule has 1 nitrogen and oxygen atoms in total. The van der Waals surface area contributed by atoms with Gasteiger partial charge in [-0.2, -0.15) is 0 Å². The van der Waals surface area contributed by atoms with Crippen LogP contribution in [0.1, 0.15) is 62.8 Å². The zero-order valence-electron chi connectivity index (χ0n) is 12.6. The summed E-state index contributed by atoms with van der Waals surface area (Å²) in [5.74, 6) is -1.83. The molecule has 0 bridgehead atoms. The van der Waals surface area contributed by atoms with Gasteiger partial charge in [-0.05, 0) is 74.0 Å². The summed E-state index contributed by atoms with van der Waals surface area (Å²) >= 11 is 0. The van der Waals surface area contributed by atoms with E-state index in [2.05, 4.69) is 0 Å². The van der Waals surface area contributed by atoms with Crippen molar-refractivity contribution in [3.63, 3.8) is 0 Å². The second-order valence-corrected chi connectivity index (χ2v) is 6.79. The SMILES string of the molecule is O=C1CCC([C@H]2CC[C@H](c3cc(F)c(F)c(F)c3)CC2)CC1. The predicted octanol–water partition coefficient (Wildman–Crippen LogP) is 5.14. The maximum absolute atomic E-state index is 13.4. The fraction of sp³-hybridized carbons (Fsp3) is 0.611. The summed E-state index contributed by atoms with van der Waals surface area (Å²) in [6.45, 7) is 0. The molecule has 0 aliphatic heterocycles. The number of Topliss-reactive ketones (excluding diaryl/α,β-unsaturated/α-hetero) is 1. The van der Waals surface area contributed by atoms with Gasteiger partial charge < -0.3 is 0 Å². The van der Waals surface area contributed by atoms with E-state index in [1.165, 1.54) is 0 Å². The van der Waals surface area contributed by atoms with E-state index < -0.39 is 17.5 Å². The Hall–Kier alpha value is -1.32. The lowest BCUT2D eigenvalue weighted by Gasteiger charge is -2.35. The van der Waals surface area contributed by atoms with Crippen LogP contribution in [0.4, 0.5) is 13.2 Å². The van der Waals surface area contributed by atoms with Crippen molar-refractivity contribution in [1.82, 2.24) is 0 Å². The minimum atomic E-state index is -1.38. The van der Waals surface area contributed by atoms with E-state index in [0.29, 0.717) is 36.0 Å². The first-order valence-corrected chi connectivity index (χ1v) is 8.20. The first kappa shape index (κ1) is 15.6. The lowest BCUT2D eigenvalue weighted by atomic mass is 9.70. The average Bonchev–Trinajstić information content (AvgIpc) is 2.53. The van der Waals surface area contributed by atoms with Crippen molar-refractivity contribution in [3.05, 3.63) is 35.1 Å². The van der Waals surface area contributed by atoms with Crippen molar-refractivity contribution in [1.29, 1.82) is 0 Å². The second-order valence-electron chi connectivity index (χ2n) is 6.79. The van der Waals surface area contributed by atoms with Gasteiger partial charge in [-0.25, -0.2) is 13.2 Å². The van der Waals surface area contributed by atoms with Crippen LogP contribution in [-0.4, -0.2) is 5.78 Å². The summed E-state index contributed by atoms with van der Waals surface area (Å²) in [7, 11) is 0. The third-order valence-electron chi connectivity index (χ3n) is 5.50. The Bertz CT molecular complexity index is 528. The molecule has 2 saturated carbocycles. The average molecular weight is 310 g/mol. The van der Waals surface area contributed by atoms with Crippen molar-refractivity contribution in [2.24, 2.45) is 11.8 Å². The van der Waals surface area contributed by atoms with Crippen LogP contribution >= 0.6 is 0 Å². The van der Waals surface area contributed by atoms with Gasteiger partial charge in [0.15, 0.2) is 17.5 Å². The molecule has 1 aromatic carbocycles. The van der Waals surface area contributed by atoms with Crippen molar-refractivity contribution in [2.75, 3.05) is 0 Å². The standard InChI is InChI=1S/C18H21F3O/c19-16-9-14(10-17(20)18(16)21)13-3-1-11(2-4-13)12-5-7-15(22)8-6-12/h9-13H,1-8H2/t11-,13-. The molecule has 4 heteroatoms. The number of halogens is 3. The predicted molar refractivity (Wildman–Crippen MR) is 78.0 cm³/mol. The molecule has 0 saturated heterocycles. The van der Waals surface area contributed by atoms with Gasteiger partial charge in [0.25, 0.3) is 0 Å². The fourth-order valence-corrected chi connectivity index (χ4v) is 4.17. The van der Waals surface area contributed by atoms with Gasteiger partial charge in [0.2, 0.25) is 0 Å². The lowest BCUT2D eigenvalue weighted by molar-refractivity contribution is -0.121. The summed E-state index contributed by atoms with van der Waals surface area (Å²) in [6.07, 6.45) is 7.24. The number of benzene rings is 1. The molecular formula is C18H21F3O. The van der Waals surface area contributed by atoms with E-state index in [4.69, 9.17) is 0 Å². The Morgan fingerprint density at radius 2 is 1.27 bits per heavy atom. The molecule has 0 heterocycles. The molecule has 0 aromatic heterocycles. The van der Waals surface area contributed by atoms with Gasteiger partial charge in [-0.1, -0.05) is 0 Å². The zero-order valence-corrected chi connectivity index (χ0v) is 12.6. The summed E-state index contributed by atoms with van der Waals surface area (Å²) in [6, 6.07) is 2.28. The van der Waals surface area contributed by atoms with Crippen LogP contribution < -0.4 is 0 Å². The van der Waals surface area contributed by atoms with E-state index in [1.807, 2.05) is 0 Å². The highest BCUT2D eigenvalue weighted by Crippen LogP contribution is 2.42. The number of hydrogen-bond donors (Lipinski definition) is 0. The Morgan fingerprint density at radius 3 is 1.82 bits per heavy atom. The molecule has 2 fully saturated rings. The van der Waals surface area contributed by atoms with Crippen LogP contribution in [0.15, 0.2) is 12.1 Å².